The smallest absolute Gasteiger partial charge is 0.159 e. The van der Waals surface area contributed by atoms with Crippen LogP contribution in [0.15, 0.2) is 24.5 Å². The average Bonchev–Trinajstić information content (AvgIpc) is 2.81. The van der Waals surface area contributed by atoms with E-state index >= 15 is 0 Å². The zero-order valence-corrected chi connectivity index (χ0v) is 21.4. The van der Waals surface area contributed by atoms with E-state index in [2.05, 4.69) is 59.6 Å². The van der Waals surface area contributed by atoms with Crippen molar-refractivity contribution in [1.29, 1.82) is 0 Å². The first-order valence-electron chi connectivity index (χ1n) is 13.3. The summed E-state index contributed by atoms with van der Waals surface area (Å²) in [6, 6.07) is 6.32. The number of aryl methyl sites for hydroxylation is 2. The zero-order valence-electron chi connectivity index (χ0n) is 21.4. The molecular weight excluding hydrogens is 406 g/mol. The van der Waals surface area contributed by atoms with Crippen molar-refractivity contribution in [3.8, 4) is 0 Å². The predicted octanol–water partition coefficient (Wildman–Crippen LogP) is 8.31. The van der Waals surface area contributed by atoms with Gasteiger partial charge in [0.1, 0.15) is 12.0 Å². The molecule has 5 nitrogen and oxygen atoms in total. The number of nitrogen functional groups attached to an aromatic ring is 1. The summed E-state index contributed by atoms with van der Waals surface area (Å²) in [5, 5.41) is 6.75. The normalized spacial score (nSPS) is 11.0. The van der Waals surface area contributed by atoms with Gasteiger partial charge in [0, 0.05) is 12.2 Å². The number of hydrogen-bond acceptors (Lipinski definition) is 5. The fraction of sp³-hybridized carbons (Fsp3) is 0.643. The second-order valence-electron chi connectivity index (χ2n) is 9.45. The largest absolute Gasteiger partial charge is 0.393 e. The first-order valence-corrected chi connectivity index (χ1v) is 13.3. The summed E-state index contributed by atoms with van der Waals surface area (Å²) in [5.41, 5.74) is 10.3. The van der Waals surface area contributed by atoms with Crippen molar-refractivity contribution in [2.45, 2.75) is 111 Å². The number of unbranched alkanes of at least 4 members (excludes halogenated alkanes) is 13. The number of rotatable bonds is 18. The van der Waals surface area contributed by atoms with Gasteiger partial charge < -0.3 is 16.4 Å². The van der Waals surface area contributed by atoms with Crippen LogP contribution in [-0.4, -0.2) is 16.5 Å². The maximum Gasteiger partial charge on any atom is 0.159 e. The molecule has 2 aromatic rings. The van der Waals surface area contributed by atoms with Gasteiger partial charge in [-0.2, -0.15) is 0 Å². The number of nitrogens with zero attached hydrogens (tertiary/aromatic N) is 2. The number of benzene rings is 1. The minimum atomic E-state index is 0.573. The van der Waals surface area contributed by atoms with Crippen LogP contribution in [0.1, 0.15) is 108 Å². The van der Waals surface area contributed by atoms with Crippen LogP contribution in [0.5, 0.6) is 0 Å². The van der Waals surface area contributed by atoms with Crippen LogP contribution in [0.2, 0.25) is 0 Å². The number of aromatic nitrogens is 2. The first kappa shape index (κ1) is 26.9. The molecule has 0 spiro atoms. The molecule has 0 amide bonds. The van der Waals surface area contributed by atoms with Crippen molar-refractivity contribution in [3.05, 3.63) is 35.7 Å². The molecule has 0 aliphatic carbocycles. The third-order valence-electron chi connectivity index (χ3n) is 6.35. The highest BCUT2D eigenvalue weighted by molar-refractivity contribution is 5.78. The Morgan fingerprint density at radius 2 is 1.27 bits per heavy atom. The molecular formula is C28H47N5. The summed E-state index contributed by atoms with van der Waals surface area (Å²) in [6.07, 6.45) is 20.8. The minimum Gasteiger partial charge on any atom is -0.393 e. The van der Waals surface area contributed by atoms with Gasteiger partial charge in [-0.25, -0.2) is 9.97 Å². The molecule has 33 heavy (non-hydrogen) atoms. The van der Waals surface area contributed by atoms with E-state index in [9.17, 15) is 0 Å². The van der Waals surface area contributed by atoms with Crippen LogP contribution in [0, 0.1) is 13.8 Å². The van der Waals surface area contributed by atoms with Crippen LogP contribution in [-0.2, 0) is 0 Å². The van der Waals surface area contributed by atoms with E-state index in [1.54, 1.807) is 6.33 Å². The lowest BCUT2D eigenvalue weighted by atomic mass is 10.0. The molecule has 0 radical (unpaired) electrons. The van der Waals surface area contributed by atoms with Gasteiger partial charge in [-0.05, 0) is 37.5 Å². The minimum absolute atomic E-state index is 0.573. The molecule has 0 bridgehead atoms. The highest BCUT2D eigenvalue weighted by Crippen LogP contribution is 2.27. The van der Waals surface area contributed by atoms with Crippen molar-refractivity contribution >= 4 is 23.0 Å². The average molecular weight is 454 g/mol. The van der Waals surface area contributed by atoms with Gasteiger partial charge >= 0.3 is 0 Å². The van der Waals surface area contributed by atoms with E-state index < -0.39 is 0 Å². The Hall–Kier alpha value is -2.30. The summed E-state index contributed by atoms with van der Waals surface area (Å²) in [5.74, 6) is 1.37. The molecule has 5 heteroatoms. The van der Waals surface area contributed by atoms with Crippen molar-refractivity contribution in [2.24, 2.45) is 0 Å². The third kappa shape index (κ3) is 10.9. The molecule has 0 saturated heterocycles. The molecule has 1 heterocycles. The molecule has 2 rings (SSSR count). The maximum absolute atomic E-state index is 6.33. The Balaban J connectivity index is 1.54. The topological polar surface area (TPSA) is 75.9 Å². The van der Waals surface area contributed by atoms with Gasteiger partial charge in [0.15, 0.2) is 11.6 Å². The van der Waals surface area contributed by atoms with Gasteiger partial charge in [0.2, 0.25) is 0 Å². The quantitative estimate of drug-likeness (QED) is 0.198. The zero-order chi connectivity index (χ0) is 23.7. The van der Waals surface area contributed by atoms with Crippen LogP contribution in [0.3, 0.4) is 0 Å². The number of nitrogens with one attached hydrogen (secondary N) is 2. The molecule has 1 aromatic carbocycles. The lowest BCUT2D eigenvalue weighted by Gasteiger charge is -2.14. The fourth-order valence-corrected chi connectivity index (χ4v) is 4.16. The monoisotopic (exact) mass is 453 g/mol. The van der Waals surface area contributed by atoms with Gasteiger partial charge in [0.05, 0.1) is 0 Å². The van der Waals surface area contributed by atoms with Crippen LogP contribution < -0.4 is 16.4 Å². The Bertz CT molecular complexity index is 790. The van der Waals surface area contributed by atoms with E-state index in [0.29, 0.717) is 17.3 Å². The molecule has 0 aliphatic heterocycles. The lowest BCUT2D eigenvalue weighted by Crippen LogP contribution is -2.09. The van der Waals surface area contributed by atoms with Gasteiger partial charge in [-0.1, -0.05) is 103 Å². The number of nitrogens with two attached hydrogens (primary N) is 1. The second kappa shape index (κ2) is 16.3. The van der Waals surface area contributed by atoms with Gasteiger partial charge in [-0.15, -0.1) is 0 Å². The van der Waals surface area contributed by atoms with E-state index in [0.717, 1.165) is 24.2 Å². The Morgan fingerprint density at radius 1 is 0.727 bits per heavy atom. The number of anilines is 4. The van der Waals surface area contributed by atoms with E-state index in [1.165, 1.54) is 89.0 Å². The second-order valence-corrected chi connectivity index (χ2v) is 9.45. The van der Waals surface area contributed by atoms with Crippen LogP contribution in [0.25, 0.3) is 0 Å². The van der Waals surface area contributed by atoms with E-state index in [4.69, 9.17) is 5.73 Å². The highest BCUT2D eigenvalue weighted by atomic mass is 15.1. The molecule has 4 N–H and O–H groups in total. The van der Waals surface area contributed by atoms with Crippen LogP contribution >= 0.6 is 0 Å². The van der Waals surface area contributed by atoms with Crippen LogP contribution in [0.4, 0.5) is 23.0 Å². The molecule has 0 saturated carbocycles. The SMILES string of the molecule is CCCCCCCCCCCCCCCCNc1ncnc(Nc2cc(C)ccc2C)c1N. The van der Waals surface area contributed by atoms with Crippen molar-refractivity contribution in [1.82, 2.24) is 9.97 Å². The third-order valence-corrected chi connectivity index (χ3v) is 6.35. The molecule has 0 fully saturated rings. The molecule has 1 aromatic heterocycles. The molecule has 0 aliphatic rings. The maximum atomic E-state index is 6.33. The summed E-state index contributed by atoms with van der Waals surface area (Å²) < 4.78 is 0. The Kier molecular flexibility index (Phi) is 13.3. The Labute approximate surface area is 202 Å². The first-order chi connectivity index (χ1) is 16.1. The molecule has 184 valence electrons. The summed E-state index contributed by atoms with van der Waals surface area (Å²) in [6.45, 7) is 7.33. The van der Waals surface area contributed by atoms with Crippen molar-refractivity contribution in [3.63, 3.8) is 0 Å². The van der Waals surface area contributed by atoms with Crippen molar-refractivity contribution < 1.29 is 0 Å². The van der Waals surface area contributed by atoms with Gasteiger partial charge in [-0.3, -0.25) is 0 Å². The lowest BCUT2D eigenvalue weighted by molar-refractivity contribution is 0.537. The predicted molar refractivity (Wildman–Crippen MR) is 144 cm³/mol. The van der Waals surface area contributed by atoms with Gasteiger partial charge in [0.25, 0.3) is 0 Å². The van der Waals surface area contributed by atoms with E-state index in [-0.39, 0.29) is 0 Å². The molecule has 0 atom stereocenters. The van der Waals surface area contributed by atoms with Crippen molar-refractivity contribution in [2.75, 3.05) is 22.9 Å². The highest BCUT2D eigenvalue weighted by Gasteiger charge is 2.09. The number of hydrogen-bond donors (Lipinski definition) is 3. The summed E-state index contributed by atoms with van der Waals surface area (Å²) in [4.78, 5) is 8.68. The summed E-state index contributed by atoms with van der Waals surface area (Å²) >= 11 is 0. The summed E-state index contributed by atoms with van der Waals surface area (Å²) in [7, 11) is 0. The molecule has 0 unspecified atom stereocenters. The van der Waals surface area contributed by atoms with E-state index in [1.807, 2.05) is 0 Å². The standard InChI is InChI=1S/C28H47N5/c1-4-5-6-7-8-9-10-11-12-13-14-15-16-17-20-30-27-26(29)28(32-22-31-27)33-25-21-23(2)18-19-24(25)3/h18-19,21-22H,4-17,20,29H2,1-3H3,(H2,30,31,32,33). The fourth-order valence-electron chi connectivity index (χ4n) is 4.16. The Morgan fingerprint density at radius 3 is 1.88 bits per heavy atom.